The average molecular weight is 406 g/mol. The van der Waals surface area contributed by atoms with Crippen LogP contribution >= 0.6 is 0 Å². The molecule has 0 aliphatic carbocycles. The fourth-order valence-electron chi connectivity index (χ4n) is 5.02. The van der Waals surface area contributed by atoms with Gasteiger partial charge in [0.15, 0.2) is 0 Å². The Morgan fingerprint density at radius 3 is 2.58 bits per heavy atom. The van der Waals surface area contributed by atoms with Gasteiger partial charge in [-0.3, -0.25) is 9.98 Å². The quantitative estimate of drug-likeness (QED) is 0.409. The zero-order valence-electron chi connectivity index (χ0n) is 17.6. The van der Waals surface area contributed by atoms with Gasteiger partial charge in [-0.2, -0.15) is 0 Å². The number of rotatable bonds is 2. The Morgan fingerprint density at radius 2 is 1.71 bits per heavy atom. The number of aliphatic imine (C=N–C) groups is 1. The van der Waals surface area contributed by atoms with E-state index in [4.69, 9.17) is 9.73 Å². The summed E-state index contributed by atoms with van der Waals surface area (Å²) in [6.45, 7) is 5.23. The van der Waals surface area contributed by atoms with E-state index in [1.165, 1.54) is 16.8 Å². The number of nitrogens with zero attached hydrogens (tertiary/aromatic N) is 3. The zero-order chi connectivity index (χ0) is 21.1. The minimum absolute atomic E-state index is 0.302. The maximum Gasteiger partial charge on any atom is 0.229 e. The largest absolute Gasteiger partial charge is 0.459 e. The van der Waals surface area contributed by atoms with E-state index in [-0.39, 0.29) is 5.41 Å². The van der Waals surface area contributed by atoms with Crippen molar-refractivity contribution in [1.29, 1.82) is 0 Å². The lowest BCUT2D eigenvalue weighted by molar-refractivity contribution is 0.0764. The summed E-state index contributed by atoms with van der Waals surface area (Å²) < 4.78 is 6.92. The summed E-state index contributed by atoms with van der Waals surface area (Å²) in [5.41, 5.74) is 3.51. The molecule has 4 aromatic rings. The number of para-hydroxylation sites is 1. The fourth-order valence-corrected chi connectivity index (χ4v) is 5.02. The topological polar surface area (TPSA) is 37.7 Å². The van der Waals surface area contributed by atoms with Crippen molar-refractivity contribution in [3.63, 3.8) is 0 Å². The van der Waals surface area contributed by atoms with Gasteiger partial charge >= 0.3 is 0 Å². The number of hydrogen-bond acceptors (Lipinski definition) is 4. The van der Waals surface area contributed by atoms with Crippen LogP contribution in [0.4, 0.5) is 11.4 Å². The molecule has 1 atom stereocenters. The van der Waals surface area contributed by atoms with E-state index >= 15 is 0 Å². The molecular formula is C27H23N3O. The molecule has 1 unspecified atom stereocenters. The third-order valence-electron chi connectivity index (χ3n) is 6.74. The van der Waals surface area contributed by atoms with E-state index in [0.29, 0.717) is 0 Å². The van der Waals surface area contributed by atoms with Crippen molar-refractivity contribution < 1.29 is 4.74 Å². The summed E-state index contributed by atoms with van der Waals surface area (Å²) in [5.74, 6) is 0.793. The van der Waals surface area contributed by atoms with Crippen molar-refractivity contribution in [3.05, 3.63) is 96.3 Å². The second-order valence-electron chi connectivity index (χ2n) is 8.78. The van der Waals surface area contributed by atoms with Gasteiger partial charge in [0, 0.05) is 30.0 Å². The van der Waals surface area contributed by atoms with Crippen molar-refractivity contribution in [2.75, 3.05) is 4.90 Å². The molecule has 0 N–H and O–H groups in total. The molecule has 0 radical (unpaired) electrons. The third-order valence-corrected chi connectivity index (χ3v) is 6.74. The van der Waals surface area contributed by atoms with Crippen LogP contribution in [0.1, 0.15) is 25.0 Å². The highest BCUT2D eigenvalue weighted by Gasteiger charge is 2.59. The summed E-state index contributed by atoms with van der Waals surface area (Å²) in [5, 5.41) is 2.12. The number of benzene rings is 3. The fraction of sp³-hybridized carbons (Fsp3) is 0.185. The minimum Gasteiger partial charge on any atom is -0.459 e. The Morgan fingerprint density at radius 1 is 0.903 bits per heavy atom. The SMILES string of the molecule is CC1(C)c2ccccc2N(Cc2ccccc2)C12C=Nc1c(ccc3ccncc13)O2. The second kappa shape index (κ2) is 6.42. The molecule has 4 nitrogen and oxygen atoms in total. The number of fused-ring (bicyclic) bond motifs is 4. The molecule has 1 spiro atoms. The number of pyridine rings is 1. The van der Waals surface area contributed by atoms with Crippen LogP contribution in [0.5, 0.6) is 5.75 Å². The molecule has 3 aromatic carbocycles. The van der Waals surface area contributed by atoms with E-state index in [9.17, 15) is 0 Å². The highest BCUT2D eigenvalue weighted by molar-refractivity contribution is 5.99. The highest BCUT2D eigenvalue weighted by Crippen LogP contribution is 2.55. The van der Waals surface area contributed by atoms with Gasteiger partial charge in [0.05, 0.1) is 11.6 Å². The predicted molar refractivity (Wildman–Crippen MR) is 125 cm³/mol. The Hall–Kier alpha value is -3.66. The van der Waals surface area contributed by atoms with Crippen molar-refractivity contribution >= 4 is 28.4 Å². The first-order valence-electron chi connectivity index (χ1n) is 10.6. The first kappa shape index (κ1) is 18.1. The van der Waals surface area contributed by atoms with Crippen LogP contribution in [0, 0.1) is 0 Å². The lowest BCUT2D eigenvalue weighted by atomic mass is 9.77. The van der Waals surface area contributed by atoms with Gasteiger partial charge in [-0.25, -0.2) is 0 Å². The van der Waals surface area contributed by atoms with Gasteiger partial charge in [0.1, 0.15) is 11.4 Å². The lowest BCUT2D eigenvalue weighted by Crippen LogP contribution is -2.61. The van der Waals surface area contributed by atoms with Crippen LogP contribution in [0.25, 0.3) is 10.8 Å². The third kappa shape index (κ3) is 2.48. The van der Waals surface area contributed by atoms with Gasteiger partial charge < -0.3 is 9.64 Å². The van der Waals surface area contributed by atoms with E-state index in [2.05, 4.69) is 84.4 Å². The molecule has 0 saturated carbocycles. The predicted octanol–water partition coefficient (Wildman–Crippen LogP) is 6.02. The van der Waals surface area contributed by atoms with E-state index < -0.39 is 5.72 Å². The number of ether oxygens (including phenoxy) is 1. The van der Waals surface area contributed by atoms with E-state index in [1.54, 1.807) is 0 Å². The Balaban J connectivity index is 1.54. The monoisotopic (exact) mass is 405 g/mol. The molecule has 31 heavy (non-hydrogen) atoms. The molecule has 2 aliphatic rings. The lowest BCUT2D eigenvalue weighted by Gasteiger charge is -2.46. The van der Waals surface area contributed by atoms with Crippen LogP contribution in [-0.2, 0) is 12.0 Å². The van der Waals surface area contributed by atoms with Crippen LogP contribution in [0.2, 0.25) is 0 Å². The zero-order valence-corrected chi connectivity index (χ0v) is 17.6. The molecule has 0 fully saturated rings. The van der Waals surface area contributed by atoms with Crippen LogP contribution in [-0.4, -0.2) is 16.9 Å². The summed E-state index contributed by atoms with van der Waals surface area (Å²) in [7, 11) is 0. The van der Waals surface area contributed by atoms with Gasteiger partial charge in [-0.05, 0) is 48.6 Å². The Kier molecular flexibility index (Phi) is 3.75. The van der Waals surface area contributed by atoms with Gasteiger partial charge in [0.25, 0.3) is 0 Å². The van der Waals surface area contributed by atoms with Gasteiger partial charge in [-0.15, -0.1) is 0 Å². The van der Waals surface area contributed by atoms with Crippen LogP contribution < -0.4 is 9.64 Å². The maximum absolute atomic E-state index is 6.92. The van der Waals surface area contributed by atoms with Crippen molar-refractivity contribution in [3.8, 4) is 5.75 Å². The average Bonchev–Trinajstić information content (AvgIpc) is 2.98. The smallest absolute Gasteiger partial charge is 0.229 e. The summed E-state index contributed by atoms with van der Waals surface area (Å²) >= 11 is 0. The normalized spacial score (nSPS) is 20.5. The molecule has 152 valence electrons. The minimum atomic E-state index is -0.727. The molecule has 1 aromatic heterocycles. The van der Waals surface area contributed by atoms with E-state index in [0.717, 1.165) is 28.8 Å². The summed E-state index contributed by atoms with van der Waals surface area (Å²) in [6, 6.07) is 25.3. The van der Waals surface area contributed by atoms with Gasteiger partial charge in [0.2, 0.25) is 5.72 Å². The maximum atomic E-state index is 6.92. The molecule has 0 bridgehead atoms. The Bertz CT molecular complexity index is 1330. The van der Waals surface area contributed by atoms with Crippen molar-refractivity contribution in [2.24, 2.45) is 4.99 Å². The molecule has 4 heteroatoms. The molecule has 2 aliphatic heterocycles. The molecule has 6 rings (SSSR count). The molecule has 0 amide bonds. The Labute approximate surface area is 181 Å². The van der Waals surface area contributed by atoms with Crippen molar-refractivity contribution in [2.45, 2.75) is 31.5 Å². The standard InChI is InChI=1S/C27H23N3O/c1-26(2)22-10-6-7-11-23(22)30(17-19-8-4-3-5-9-19)27(26)18-29-25-21-16-28-15-14-20(21)12-13-24(25)31-27/h3-16,18H,17H2,1-2H3. The van der Waals surface area contributed by atoms with Crippen LogP contribution in [0.3, 0.4) is 0 Å². The van der Waals surface area contributed by atoms with E-state index in [1.807, 2.05) is 30.7 Å². The highest BCUT2D eigenvalue weighted by atomic mass is 16.5. The molecule has 3 heterocycles. The number of hydrogen-bond donors (Lipinski definition) is 0. The number of anilines is 1. The summed E-state index contributed by atoms with van der Waals surface area (Å²) in [4.78, 5) is 11.7. The summed E-state index contributed by atoms with van der Waals surface area (Å²) in [6.07, 6.45) is 5.68. The van der Waals surface area contributed by atoms with Crippen LogP contribution in [0.15, 0.2) is 90.2 Å². The molecule has 0 saturated heterocycles. The first-order valence-corrected chi connectivity index (χ1v) is 10.6. The second-order valence-corrected chi connectivity index (χ2v) is 8.78. The molecular weight excluding hydrogens is 382 g/mol. The first-order chi connectivity index (χ1) is 15.1. The van der Waals surface area contributed by atoms with Crippen molar-refractivity contribution in [1.82, 2.24) is 4.98 Å². The van der Waals surface area contributed by atoms with Gasteiger partial charge in [-0.1, -0.05) is 54.6 Å². The number of aromatic nitrogens is 1.